The first-order valence-corrected chi connectivity index (χ1v) is 6.15. The molecule has 1 aromatic heterocycles. The third kappa shape index (κ3) is 3.82. The van der Waals surface area contributed by atoms with Crippen molar-refractivity contribution in [1.29, 1.82) is 0 Å². The van der Waals surface area contributed by atoms with E-state index in [1.54, 1.807) is 18.2 Å². The molecule has 0 fully saturated rings. The van der Waals surface area contributed by atoms with Crippen LogP contribution in [0.4, 0.5) is 0 Å². The Bertz CT molecular complexity index is 696. The summed E-state index contributed by atoms with van der Waals surface area (Å²) in [6.07, 6.45) is 0.879. The van der Waals surface area contributed by atoms with Crippen molar-refractivity contribution >= 4 is 5.97 Å². The Morgan fingerprint density at radius 3 is 2.67 bits per heavy atom. The van der Waals surface area contributed by atoms with Crippen molar-refractivity contribution in [2.24, 2.45) is 0 Å². The molecule has 0 saturated carbocycles. The molecule has 2 N–H and O–H groups in total. The van der Waals surface area contributed by atoms with Gasteiger partial charge >= 0.3 is 5.97 Å². The van der Waals surface area contributed by atoms with Gasteiger partial charge in [-0.1, -0.05) is 12.1 Å². The number of carboxylic acid groups (broad SMARTS) is 1. The van der Waals surface area contributed by atoms with Gasteiger partial charge in [0.1, 0.15) is 12.4 Å². The number of aromatic amines is 1. The highest BCUT2D eigenvalue weighted by molar-refractivity contribution is 5.69. The number of ether oxygens (including phenoxy) is 2. The number of para-hydroxylation sites is 2. The van der Waals surface area contributed by atoms with Gasteiger partial charge in [-0.25, -0.2) is 4.98 Å². The number of rotatable bonds is 6. The lowest BCUT2D eigenvalue weighted by atomic mass is 10.2. The minimum absolute atomic E-state index is 0.0446. The van der Waals surface area contributed by atoms with E-state index in [9.17, 15) is 9.59 Å². The predicted octanol–water partition coefficient (Wildman–Crippen LogP) is 0.985. The Labute approximate surface area is 120 Å². The summed E-state index contributed by atoms with van der Waals surface area (Å²) in [5.41, 5.74) is -0.380. The fraction of sp³-hybridized carbons (Fsp3) is 0.214. The van der Waals surface area contributed by atoms with Gasteiger partial charge in [-0.3, -0.25) is 9.59 Å². The van der Waals surface area contributed by atoms with Crippen LogP contribution in [0.1, 0.15) is 11.4 Å². The number of hydrogen-bond acceptors (Lipinski definition) is 5. The van der Waals surface area contributed by atoms with E-state index < -0.39 is 11.5 Å². The molecule has 0 atom stereocenters. The molecular weight excluding hydrogens is 276 g/mol. The molecule has 7 nitrogen and oxygen atoms in total. The smallest absolute Gasteiger partial charge is 0.308 e. The van der Waals surface area contributed by atoms with Crippen molar-refractivity contribution < 1.29 is 19.4 Å². The number of hydrogen-bond donors (Lipinski definition) is 2. The van der Waals surface area contributed by atoms with Gasteiger partial charge in [0.25, 0.3) is 5.56 Å². The number of carboxylic acids is 1. The Balaban J connectivity index is 2.09. The maximum Gasteiger partial charge on any atom is 0.308 e. The first-order valence-electron chi connectivity index (χ1n) is 6.15. The summed E-state index contributed by atoms with van der Waals surface area (Å²) in [5.74, 6) is 0.319. The van der Waals surface area contributed by atoms with Crippen molar-refractivity contribution in [3.05, 3.63) is 52.2 Å². The van der Waals surface area contributed by atoms with Crippen molar-refractivity contribution in [2.75, 3.05) is 7.11 Å². The second-order valence-electron chi connectivity index (χ2n) is 4.19. The van der Waals surface area contributed by atoms with Crippen LogP contribution >= 0.6 is 0 Å². The molecule has 0 aliphatic rings. The summed E-state index contributed by atoms with van der Waals surface area (Å²) < 4.78 is 10.7. The van der Waals surface area contributed by atoms with Crippen LogP contribution < -0.4 is 15.0 Å². The molecule has 0 saturated heterocycles. The maximum absolute atomic E-state index is 11.7. The molecule has 0 aliphatic heterocycles. The van der Waals surface area contributed by atoms with E-state index in [1.807, 2.05) is 6.07 Å². The Morgan fingerprint density at radius 2 is 2.05 bits per heavy atom. The van der Waals surface area contributed by atoms with Gasteiger partial charge in [-0.05, 0) is 12.1 Å². The average molecular weight is 290 g/mol. The summed E-state index contributed by atoms with van der Waals surface area (Å²) in [6.45, 7) is 0.0446. The number of nitrogens with one attached hydrogen (secondary N) is 1. The van der Waals surface area contributed by atoms with Crippen LogP contribution in [0.5, 0.6) is 11.5 Å². The van der Waals surface area contributed by atoms with E-state index in [-0.39, 0.29) is 18.6 Å². The van der Waals surface area contributed by atoms with Gasteiger partial charge in [-0.15, -0.1) is 0 Å². The Kier molecular flexibility index (Phi) is 4.55. The zero-order valence-corrected chi connectivity index (χ0v) is 11.3. The molecule has 0 bridgehead atoms. The van der Waals surface area contributed by atoms with Gasteiger partial charge in [0, 0.05) is 11.8 Å². The molecule has 21 heavy (non-hydrogen) atoms. The maximum atomic E-state index is 11.7. The lowest BCUT2D eigenvalue weighted by molar-refractivity contribution is -0.136. The van der Waals surface area contributed by atoms with Crippen LogP contribution in [0.2, 0.25) is 0 Å². The van der Waals surface area contributed by atoms with Gasteiger partial charge in [0.15, 0.2) is 11.5 Å². The van der Waals surface area contributed by atoms with Crippen LogP contribution in [0.15, 0.2) is 35.3 Å². The molecule has 0 amide bonds. The number of carbonyl (C=O) groups is 1. The SMILES string of the molecule is COc1ccccc1OCc1ncc(CC(=O)O)c(=O)[nH]1. The van der Waals surface area contributed by atoms with Gasteiger partial charge in [-0.2, -0.15) is 0 Å². The number of aliphatic carboxylic acids is 1. The third-order valence-electron chi connectivity index (χ3n) is 2.70. The summed E-state index contributed by atoms with van der Waals surface area (Å²) in [5, 5.41) is 8.65. The van der Waals surface area contributed by atoms with Crippen LogP contribution in [0, 0.1) is 0 Å². The highest BCUT2D eigenvalue weighted by Crippen LogP contribution is 2.26. The topological polar surface area (TPSA) is 102 Å². The van der Waals surface area contributed by atoms with Gasteiger partial charge in [0.2, 0.25) is 0 Å². The Hall–Kier alpha value is -2.83. The van der Waals surface area contributed by atoms with Crippen LogP contribution in [0.25, 0.3) is 0 Å². The average Bonchev–Trinajstić information content (AvgIpc) is 2.47. The molecule has 1 heterocycles. The molecule has 2 aromatic rings. The second kappa shape index (κ2) is 6.56. The fourth-order valence-corrected chi connectivity index (χ4v) is 1.70. The van der Waals surface area contributed by atoms with Crippen molar-refractivity contribution in [2.45, 2.75) is 13.0 Å². The van der Waals surface area contributed by atoms with E-state index in [1.165, 1.54) is 13.3 Å². The molecule has 0 spiro atoms. The lowest BCUT2D eigenvalue weighted by Crippen LogP contribution is -2.19. The summed E-state index contributed by atoms with van der Waals surface area (Å²) >= 11 is 0. The highest BCUT2D eigenvalue weighted by Gasteiger charge is 2.08. The van der Waals surface area contributed by atoms with Crippen LogP contribution in [0.3, 0.4) is 0 Å². The Morgan fingerprint density at radius 1 is 1.33 bits per heavy atom. The highest BCUT2D eigenvalue weighted by atomic mass is 16.5. The number of benzene rings is 1. The first kappa shape index (κ1) is 14.6. The molecule has 0 radical (unpaired) electrons. The van der Waals surface area contributed by atoms with Crippen molar-refractivity contribution in [1.82, 2.24) is 9.97 Å². The standard InChI is InChI=1S/C14H14N2O5/c1-20-10-4-2-3-5-11(10)21-8-12-15-7-9(6-13(17)18)14(19)16-12/h2-5,7H,6,8H2,1H3,(H,17,18)(H,15,16,19). The molecule has 110 valence electrons. The minimum atomic E-state index is -1.08. The monoisotopic (exact) mass is 290 g/mol. The fourth-order valence-electron chi connectivity index (χ4n) is 1.70. The third-order valence-corrected chi connectivity index (χ3v) is 2.70. The van der Waals surface area contributed by atoms with E-state index >= 15 is 0 Å². The van der Waals surface area contributed by atoms with E-state index in [0.29, 0.717) is 17.3 Å². The normalized spacial score (nSPS) is 10.1. The van der Waals surface area contributed by atoms with Gasteiger partial charge in [0.05, 0.1) is 13.5 Å². The summed E-state index contributed by atoms with van der Waals surface area (Å²) in [7, 11) is 1.53. The molecule has 0 unspecified atom stereocenters. The molecule has 7 heteroatoms. The first-order chi connectivity index (χ1) is 10.1. The summed E-state index contributed by atoms with van der Waals surface area (Å²) in [6, 6.07) is 7.09. The minimum Gasteiger partial charge on any atom is -0.493 e. The van der Waals surface area contributed by atoms with Crippen molar-refractivity contribution in [3.8, 4) is 11.5 Å². The molecular formula is C14H14N2O5. The van der Waals surface area contributed by atoms with E-state index in [2.05, 4.69) is 9.97 Å². The van der Waals surface area contributed by atoms with E-state index in [0.717, 1.165) is 0 Å². The zero-order valence-electron chi connectivity index (χ0n) is 11.3. The molecule has 2 rings (SSSR count). The lowest BCUT2D eigenvalue weighted by Gasteiger charge is -2.09. The number of aromatic nitrogens is 2. The zero-order chi connectivity index (χ0) is 15.2. The molecule has 1 aromatic carbocycles. The van der Waals surface area contributed by atoms with Crippen LogP contribution in [-0.2, 0) is 17.8 Å². The number of nitrogens with zero attached hydrogens (tertiary/aromatic N) is 1. The van der Waals surface area contributed by atoms with E-state index in [4.69, 9.17) is 14.6 Å². The number of methoxy groups -OCH3 is 1. The largest absolute Gasteiger partial charge is 0.493 e. The van der Waals surface area contributed by atoms with Crippen molar-refractivity contribution in [3.63, 3.8) is 0 Å². The number of H-pyrrole nitrogens is 1. The van der Waals surface area contributed by atoms with Crippen LogP contribution in [-0.4, -0.2) is 28.2 Å². The predicted molar refractivity (Wildman–Crippen MR) is 73.5 cm³/mol. The quantitative estimate of drug-likeness (QED) is 0.822. The van der Waals surface area contributed by atoms with Gasteiger partial charge < -0.3 is 19.6 Å². The second-order valence-corrected chi connectivity index (χ2v) is 4.19. The molecule has 0 aliphatic carbocycles. The summed E-state index contributed by atoms with van der Waals surface area (Å²) in [4.78, 5) is 28.7.